The molecule has 0 saturated heterocycles. The van der Waals surface area contributed by atoms with E-state index in [0.29, 0.717) is 17.4 Å². The van der Waals surface area contributed by atoms with E-state index in [4.69, 9.17) is 14.5 Å². The van der Waals surface area contributed by atoms with Crippen molar-refractivity contribution in [2.45, 2.75) is 51.7 Å². The van der Waals surface area contributed by atoms with E-state index >= 15 is 0 Å². The molecule has 2 aromatic carbocycles. The third kappa shape index (κ3) is 4.71. The van der Waals surface area contributed by atoms with Gasteiger partial charge in [-0.3, -0.25) is 14.5 Å². The average molecular weight is 477 g/mol. The van der Waals surface area contributed by atoms with Gasteiger partial charge in [0.1, 0.15) is 23.4 Å². The van der Waals surface area contributed by atoms with Crippen LogP contribution in [0.1, 0.15) is 39.5 Å². The highest BCUT2D eigenvalue weighted by Crippen LogP contribution is 2.38. The first-order chi connectivity index (χ1) is 16.5. The topological polar surface area (TPSA) is 68.7 Å². The Labute approximate surface area is 203 Å². The number of carbonyl (C=O) groups is 2. The molecule has 1 aromatic heterocycles. The van der Waals surface area contributed by atoms with Crippen LogP contribution in [0.2, 0.25) is 0 Å². The lowest BCUT2D eigenvalue weighted by Crippen LogP contribution is -2.47. The molecule has 1 fully saturated rings. The maximum absolute atomic E-state index is 13.0. The second kappa shape index (κ2) is 9.58. The summed E-state index contributed by atoms with van der Waals surface area (Å²) in [4.78, 5) is 32.0. The summed E-state index contributed by atoms with van der Waals surface area (Å²) in [6.07, 6.45) is 3.18. The van der Waals surface area contributed by atoms with Crippen LogP contribution in [0.15, 0.2) is 53.9 Å². The van der Waals surface area contributed by atoms with Crippen molar-refractivity contribution in [1.82, 2.24) is 4.98 Å². The van der Waals surface area contributed by atoms with Crippen LogP contribution < -0.4 is 9.64 Å². The number of benzene rings is 2. The maximum Gasteiger partial charge on any atom is 0.326 e. The number of fused-ring (bicyclic) bond motifs is 1. The van der Waals surface area contributed by atoms with Crippen molar-refractivity contribution in [3.8, 4) is 27.6 Å². The highest BCUT2D eigenvalue weighted by molar-refractivity contribution is 7.13. The van der Waals surface area contributed by atoms with Crippen LogP contribution in [0, 0.1) is 5.92 Å². The number of nitrogens with zero attached hydrogens (tertiary/aromatic N) is 2. The number of ether oxygens (including phenoxy) is 2. The monoisotopic (exact) mass is 476 g/mol. The fourth-order valence-electron chi connectivity index (χ4n) is 4.55. The number of thiazole rings is 1. The van der Waals surface area contributed by atoms with Crippen LogP contribution in [0.4, 0.5) is 5.69 Å². The molecule has 1 unspecified atom stereocenters. The lowest BCUT2D eigenvalue weighted by molar-refractivity contribution is -0.150. The van der Waals surface area contributed by atoms with E-state index in [2.05, 4.69) is 6.92 Å². The van der Waals surface area contributed by atoms with Gasteiger partial charge in [0.2, 0.25) is 0 Å². The van der Waals surface area contributed by atoms with E-state index in [-0.39, 0.29) is 24.5 Å². The highest BCUT2D eigenvalue weighted by Gasteiger charge is 2.34. The Hall–Kier alpha value is -3.19. The molecule has 2 aliphatic rings. The number of carbonyl (C=O) groups excluding carboxylic acids is 2. The minimum Gasteiger partial charge on any atom is -0.479 e. The van der Waals surface area contributed by atoms with Gasteiger partial charge in [-0.1, -0.05) is 37.3 Å². The largest absolute Gasteiger partial charge is 0.479 e. The Morgan fingerprint density at radius 3 is 2.62 bits per heavy atom. The smallest absolute Gasteiger partial charge is 0.326 e. The molecule has 1 aliphatic heterocycles. The molecule has 1 aliphatic carbocycles. The van der Waals surface area contributed by atoms with Gasteiger partial charge in [-0.2, -0.15) is 0 Å². The summed E-state index contributed by atoms with van der Waals surface area (Å²) in [5, 5.41) is 2.93. The first-order valence-corrected chi connectivity index (χ1v) is 12.7. The zero-order chi connectivity index (χ0) is 23.7. The Kier molecular flexibility index (Phi) is 6.37. The Morgan fingerprint density at radius 1 is 1.09 bits per heavy atom. The van der Waals surface area contributed by atoms with Crippen molar-refractivity contribution in [2.75, 3.05) is 11.4 Å². The summed E-state index contributed by atoms with van der Waals surface area (Å²) < 4.78 is 11.5. The van der Waals surface area contributed by atoms with Gasteiger partial charge in [-0.15, -0.1) is 11.3 Å². The van der Waals surface area contributed by atoms with Crippen LogP contribution in [0.25, 0.3) is 21.8 Å². The first-order valence-electron chi connectivity index (χ1n) is 11.8. The van der Waals surface area contributed by atoms with E-state index in [1.807, 2.05) is 53.9 Å². The van der Waals surface area contributed by atoms with Crippen molar-refractivity contribution in [1.29, 1.82) is 0 Å². The van der Waals surface area contributed by atoms with E-state index in [1.165, 1.54) is 4.90 Å². The zero-order valence-corrected chi connectivity index (χ0v) is 20.2. The van der Waals surface area contributed by atoms with Crippen molar-refractivity contribution >= 4 is 28.9 Å². The van der Waals surface area contributed by atoms with Crippen molar-refractivity contribution in [3.63, 3.8) is 0 Å². The molecule has 176 valence electrons. The quantitative estimate of drug-likeness (QED) is 0.441. The number of anilines is 1. The fourth-order valence-corrected chi connectivity index (χ4v) is 5.38. The van der Waals surface area contributed by atoms with Crippen molar-refractivity contribution in [3.05, 3.63) is 53.9 Å². The molecule has 7 heteroatoms. The molecule has 5 rings (SSSR count). The molecular formula is C27H28N2O4S. The summed E-state index contributed by atoms with van der Waals surface area (Å²) in [5.41, 5.74) is 3.31. The van der Waals surface area contributed by atoms with Gasteiger partial charge in [0.15, 0.2) is 6.10 Å². The van der Waals surface area contributed by atoms with Crippen LogP contribution >= 0.6 is 11.3 Å². The summed E-state index contributed by atoms with van der Waals surface area (Å²) in [6.45, 7) is 3.81. The van der Waals surface area contributed by atoms with E-state index < -0.39 is 6.10 Å². The molecule has 2 heterocycles. The molecule has 34 heavy (non-hydrogen) atoms. The van der Waals surface area contributed by atoms with Gasteiger partial charge in [0.25, 0.3) is 5.91 Å². The number of esters is 1. The summed E-state index contributed by atoms with van der Waals surface area (Å²) in [5.74, 6) is 0.629. The number of hydrogen-bond acceptors (Lipinski definition) is 6. The Balaban J connectivity index is 1.38. The van der Waals surface area contributed by atoms with Crippen LogP contribution in [-0.2, 0) is 14.3 Å². The second-order valence-electron chi connectivity index (χ2n) is 9.14. The number of aromatic nitrogens is 1. The first kappa shape index (κ1) is 22.6. The van der Waals surface area contributed by atoms with Crippen LogP contribution in [-0.4, -0.2) is 35.6 Å². The molecule has 6 nitrogen and oxygen atoms in total. The second-order valence-corrected chi connectivity index (χ2v) is 10.0. The molecule has 0 radical (unpaired) electrons. The molecule has 1 saturated carbocycles. The van der Waals surface area contributed by atoms with Gasteiger partial charge in [-0.25, -0.2) is 4.98 Å². The van der Waals surface area contributed by atoms with Gasteiger partial charge >= 0.3 is 5.97 Å². The van der Waals surface area contributed by atoms with Crippen LogP contribution in [0.3, 0.4) is 0 Å². The standard InChI is InChI=1S/C27H28N2O4S/c1-17-8-11-21(12-9-17)33-25(30)15-29-23-14-20(10-13-24(23)32-18(2)27(29)31)22-16-34-26(28-22)19-6-4-3-5-7-19/h3-7,10,13-14,16-18,21H,8-9,11-12,15H2,1-2H3. The van der Waals surface area contributed by atoms with Gasteiger partial charge in [0, 0.05) is 16.5 Å². The molecule has 1 atom stereocenters. The lowest BCUT2D eigenvalue weighted by atomic mass is 9.89. The molecule has 1 amide bonds. The third-order valence-corrected chi connectivity index (χ3v) is 7.43. The minimum atomic E-state index is -0.661. The summed E-state index contributed by atoms with van der Waals surface area (Å²) in [6, 6.07) is 15.7. The lowest BCUT2D eigenvalue weighted by Gasteiger charge is -2.33. The van der Waals surface area contributed by atoms with E-state index in [9.17, 15) is 9.59 Å². The van der Waals surface area contributed by atoms with Crippen molar-refractivity contribution in [2.24, 2.45) is 5.92 Å². The van der Waals surface area contributed by atoms with Gasteiger partial charge < -0.3 is 9.47 Å². The fraction of sp³-hybridized carbons (Fsp3) is 0.370. The molecule has 0 spiro atoms. The molecular weight excluding hydrogens is 448 g/mol. The number of rotatable bonds is 5. The summed E-state index contributed by atoms with van der Waals surface area (Å²) in [7, 11) is 0. The molecule has 3 aromatic rings. The van der Waals surface area contributed by atoms with E-state index in [1.54, 1.807) is 18.3 Å². The SMILES string of the molecule is CC1CCC(OC(=O)CN2C(=O)C(C)Oc3ccc(-c4csc(-c5ccccc5)n4)cc32)CC1. The Bertz CT molecular complexity index is 1180. The Morgan fingerprint density at radius 2 is 1.85 bits per heavy atom. The van der Waals surface area contributed by atoms with Gasteiger partial charge in [-0.05, 0) is 56.7 Å². The number of hydrogen-bond donors (Lipinski definition) is 0. The minimum absolute atomic E-state index is 0.0607. The predicted molar refractivity (Wildman–Crippen MR) is 133 cm³/mol. The molecule has 0 bridgehead atoms. The normalized spacial score (nSPS) is 22.1. The van der Waals surface area contributed by atoms with E-state index in [0.717, 1.165) is 47.5 Å². The summed E-state index contributed by atoms with van der Waals surface area (Å²) >= 11 is 1.57. The number of amides is 1. The maximum atomic E-state index is 13.0. The predicted octanol–water partition coefficient (Wildman–Crippen LogP) is 5.71. The highest BCUT2D eigenvalue weighted by atomic mass is 32.1. The van der Waals surface area contributed by atoms with Gasteiger partial charge in [0.05, 0.1) is 11.4 Å². The zero-order valence-electron chi connectivity index (χ0n) is 19.4. The van der Waals surface area contributed by atoms with Crippen LogP contribution in [0.5, 0.6) is 5.75 Å². The molecule has 0 N–H and O–H groups in total. The average Bonchev–Trinajstić information content (AvgIpc) is 3.34. The third-order valence-electron chi connectivity index (χ3n) is 6.54. The van der Waals surface area contributed by atoms with Crippen molar-refractivity contribution < 1.29 is 19.1 Å².